The third kappa shape index (κ3) is 0.915. The van der Waals surface area contributed by atoms with Crippen LogP contribution in [0.2, 0.25) is 0 Å². The second kappa shape index (κ2) is 2.54. The van der Waals surface area contributed by atoms with Gasteiger partial charge < -0.3 is 5.11 Å². The third-order valence-electron chi connectivity index (χ3n) is 3.00. The van der Waals surface area contributed by atoms with Crippen LogP contribution < -0.4 is 0 Å². The summed E-state index contributed by atoms with van der Waals surface area (Å²) in [5, 5.41) is 13.5. The van der Waals surface area contributed by atoms with E-state index in [1.807, 2.05) is 22.7 Å². The first kappa shape index (κ1) is 7.94. The fraction of sp³-hybridized carbons (Fsp3) is 0.400. The van der Waals surface area contributed by atoms with Gasteiger partial charge in [0.25, 0.3) is 0 Å². The van der Waals surface area contributed by atoms with Gasteiger partial charge in [-0.15, -0.1) is 0 Å². The van der Waals surface area contributed by atoms with Gasteiger partial charge in [-0.1, -0.05) is 6.07 Å². The monoisotopic (exact) mass is 189 g/mol. The van der Waals surface area contributed by atoms with Gasteiger partial charge in [-0.25, -0.2) is 9.50 Å². The number of hydrogen-bond donors (Lipinski definition) is 1. The van der Waals surface area contributed by atoms with E-state index in [1.165, 1.54) is 0 Å². The molecule has 0 aromatic carbocycles. The fourth-order valence-corrected chi connectivity index (χ4v) is 1.89. The maximum absolute atomic E-state index is 9.35. The van der Waals surface area contributed by atoms with Crippen molar-refractivity contribution in [3.05, 3.63) is 30.2 Å². The molecule has 0 bridgehead atoms. The lowest BCUT2D eigenvalue weighted by molar-refractivity contribution is 0.251. The van der Waals surface area contributed by atoms with Crippen LogP contribution in [0, 0.1) is 0 Å². The summed E-state index contributed by atoms with van der Waals surface area (Å²) in [6, 6.07) is 5.91. The van der Waals surface area contributed by atoms with E-state index in [4.69, 9.17) is 0 Å². The molecule has 2 heterocycles. The number of nitrogens with zero attached hydrogens (tertiary/aromatic N) is 3. The Labute approximate surface area is 81.2 Å². The fourth-order valence-electron chi connectivity index (χ4n) is 1.89. The van der Waals surface area contributed by atoms with E-state index in [1.54, 1.807) is 6.33 Å². The van der Waals surface area contributed by atoms with Gasteiger partial charge in [-0.2, -0.15) is 5.10 Å². The lowest BCUT2D eigenvalue weighted by Crippen LogP contribution is -2.16. The van der Waals surface area contributed by atoms with E-state index in [2.05, 4.69) is 10.1 Å². The van der Waals surface area contributed by atoms with Gasteiger partial charge in [0.2, 0.25) is 0 Å². The molecule has 0 saturated heterocycles. The molecule has 14 heavy (non-hydrogen) atoms. The Balaban J connectivity index is 2.25. The summed E-state index contributed by atoms with van der Waals surface area (Å²) in [4.78, 5) is 4.13. The average Bonchev–Trinajstić information content (AvgIpc) is 2.87. The second-order valence-corrected chi connectivity index (χ2v) is 3.88. The minimum atomic E-state index is -0.0484. The van der Waals surface area contributed by atoms with Gasteiger partial charge in [0.15, 0.2) is 5.65 Å². The van der Waals surface area contributed by atoms with Gasteiger partial charge in [-0.3, -0.25) is 0 Å². The predicted molar refractivity (Wildman–Crippen MR) is 51.0 cm³/mol. The van der Waals surface area contributed by atoms with E-state index in [-0.39, 0.29) is 12.0 Å². The van der Waals surface area contributed by atoms with Crippen molar-refractivity contribution in [3.63, 3.8) is 0 Å². The summed E-state index contributed by atoms with van der Waals surface area (Å²) in [6.07, 6.45) is 3.64. The minimum absolute atomic E-state index is 0.0484. The number of hydrogen-bond acceptors (Lipinski definition) is 3. The lowest BCUT2D eigenvalue weighted by atomic mass is 10.0. The molecule has 2 aromatic rings. The Bertz CT molecular complexity index is 473. The van der Waals surface area contributed by atoms with Crippen LogP contribution >= 0.6 is 0 Å². The summed E-state index contributed by atoms with van der Waals surface area (Å²) in [5.41, 5.74) is 1.88. The molecule has 4 heteroatoms. The minimum Gasteiger partial charge on any atom is -0.395 e. The summed E-state index contributed by atoms with van der Waals surface area (Å²) < 4.78 is 1.82. The first-order valence-electron chi connectivity index (χ1n) is 4.76. The largest absolute Gasteiger partial charge is 0.395 e. The van der Waals surface area contributed by atoms with Crippen LogP contribution in [0.4, 0.5) is 0 Å². The molecule has 0 radical (unpaired) electrons. The highest BCUT2D eigenvalue weighted by Crippen LogP contribution is 2.47. The summed E-state index contributed by atoms with van der Waals surface area (Å²) in [5.74, 6) is 0. The number of rotatable bonds is 2. The van der Waals surface area contributed by atoms with Crippen molar-refractivity contribution in [2.45, 2.75) is 18.3 Å². The SMILES string of the molecule is OCC1(c2cccc3ncnn23)CC1. The molecule has 0 atom stereocenters. The van der Waals surface area contributed by atoms with Crippen molar-refractivity contribution >= 4 is 5.65 Å². The lowest BCUT2D eigenvalue weighted by Gasteiger charge is -2.12. The topological polar surface area (TPSA) is 50.4 Å². The molecule has 1 aliphatic carbocycles. The Hall–Kier alpha value is -1.42. The van der Waals surface area contributed by atoms with Crippen molar-refractivity contribution < 1.29 is 5.11 Å². The highest BCUT2D eigenvalue weighted by molar-refractivity contribution is 5.41. The Morgan fingerprint density at radius 1 is 1.43 bits per heavy atom. The smallest absolute Gasteiger partial charge is 0.155 e. The van der Waals surface area contributed by atoms with Crippen LogP contribution in [0.1, 0.15) is 18.5 Å². The number of aliphatic hydroxyl groups excluding tert-OH is 1. The van der Waals surface area contributed by atoms with Crippen molar-refractivity contribution in [2.24, 2.45) is 0 Å². The molecule has 4 nitrogen and oxygen atoms in total. The van der Waals surface area contributed by atoms with E-state index in [0.717, 1.165) is 24.2 Å². The van der Waals surface area contributed by atoms with Crippen molar-refractivity contribution in [3.8, 4) is 0 Å². The van der Waals surface area contributed by atoms with Crippen LogP contribution in [0.25, 0.3) is 5.65 Å². The van der Waals surface area contributed by atoms with E-state index in [0.29, 0.717) is 0 Å². The molecule has 0 amide bonds. The zero-order valence-electron chi connectivity index (χ0n) is 7.72. The first-order chi connectivity index (χ1) is 6.86. The summed E-state index contributed by atoms with van der Waals surface area (Å²) >= 11 is 0. The second-order valence-electron chi connectivity index (χ2n) is 3.88. The maximum Gasteiger partial charge on any atom is 0.155 e. The molecule has 1 fully saturated rings. The quantitative estimate of drug-likeness (QED) is 0.758. The van der Waals surface area contributed by atoms with Gasteiger partial charge in [-0.05, 0) is 25.0 Å². The van der Waals surface area contributed by atoms with Crippen LogP contribution in [-0.2, 0) is 5.41 Å². The number of pyridine rings is 1. The Kier molecular flexibility index (Phi) is 1.44. The highest BCUT2D eigenvalue weighted by Gasteiger charge is 2.45. The molecule has 2 aromatic heterocycles. The predicted octanol–water partition coefficient (Wildman–Crippen LogP) is 0.753. The molecule has 1 N–H and O–H groups in total. The van der Waals surface area contributed by atoms with Gasteiger partial charge in [0, 0.05) is 5.41 Å². The molecule has 1 saturated carbocycles. The van der Waals surface area contributed by atoms with Crippen molar-refractivity contribution in [2.75, 3.05) is 6.61 Å². The molecular formula is C10H11N3O. The highest BCUT2D eigenvalue weighted by atomic mass is 16.3. The molecule has 0 aliphatic heterocycles. The summed E-state index contributed by atoms with van der Waals surface area (Å²) in [6.45, 7) is 0.200. The standard InChI is InChI=1S/C10H11N3O/c14-6-10(4-5-10)8-2-1-3-9-11-7-12-13(8)9/h1-3,7,14H,4-6H2. The van der Waals surface area contributed by atoms with E-state index in [9.17, 15) is 5.11 Å². The van der Waals surface area contributed by atoms with Gasteiger partial charge in [0.1, 0.15) is 6.33 Å². The number of aromatic nitrogens is 3. The molecule has 0 spiro atoms. The zero-order valence-corrected chi connectivity index (χ0v) is 7.72. The molecule has 3 rings (SSSR count). The number of fused-ring (bicyclic) bond motifs is 1. The molecule has 1 aliphatic rings. The normalized spacial score (nSPS) is 18.6. The Morgan fingerprint density at radius 3 is 3.00 bits per heavy atom. The molecule has 0 unspecified atom stereocenters. The zero-order chi connectivity index (χ0) is 9.60. The van der Waals surface area contributed by atoms with Crippen LogP contribution in [0.15, 0.2) is 24.5 Å². The molecule has 72 valence electrons. The average molecular weight is 189 g/mol. The van der Waals surface area contributed by atoms with Crippen LogP contribution in [-0.4, -0.2) is 26.3 Å². The van der Waals surface area contributed by atoms with Crippen molar-refractivity contribution in [1.82, 2.24) is 14.6 Å². The van der Waals surface area contributed by atoms with E-state index >= 15 is 0 Å². The van der Waals surface area contributed by atoms with Crippen LogP contribution in [0.5, 0.6) is 0 Å². The summed E-state index contributed by atoms with van der Waals surface area (Å²) in [7, 11) is 0. The van der Waals surface area contributed by atoms with Gasteiger partial charge in [0.05, 0.1) is 12.3 Å². The number of aliphatic hydroxyl groups is 1. The maximum atomic E-state index is 9.35. The third-order valence-corrected chi connectivity index (χ3v) is 3.00. The van der Waals surface area contributed by atoms with Gasteiger partial charge >= 0.3 is 0 Å². The van der Waals surface area contributed by atoms with Crippen LogP contribution in [0.3, 0.4) is 0 Å². The van der Waals surface area contributed by atoms with E-state index < -0.39 is 0 Å². The molecular weight excluding hydrogens is 178 g/mol. The van der Waals surface area contributed by atoms with Crippen molar-refractivity contribution in [1.29, 1.82) is 0 Å². The first-order valence-corrected chi connectivity index (χ1v) is 4.76. The Morgan fingerprint density at radius 2 is 2.29 bits per heavy atom.